The zero-order valence-corrected chi connectivity index (χ0v) is 44.9. The summed E-state index contributed by atoms with van der Waals surface area (Å²) in [5.41, 5.74) is 19.6. The number of benzene rings is 11. The van der Waals surface area contributed by atoms with Gasteiger partial charge in [-0.2, -0.15) is 0 Å². The third kappa shape index (κ3) is 7.42. The molecule has 13 aromatic rings. The van der Waals surface area contributed by atoms with Crippen molar-refractivity contribution in [1.82, 2.24) is 0 Å². The Morgan fingerprint density at radius 1 is 0.481 bits per heavy atom. The summed E-state index contributed by atoms with van der Waals surface area (Å²) in [5.74, 6) is 0. The lowest BCUT2D eigenvalue weighted by atomic mass is 9.67. The number of para-hydroxylation sites is 3. The molecular weight excluding hydrogens is 997 g/mol. The minimum atomic E-state index is -0.599. The second kappa shape index (κ2) is 19.0. The van der Waals surface area contributed by atoms with E-state index >= 15 is 0 Å². The molecule has 0 saturated carbocycles. The Bertz CT molecular complexity index is 4560. The Balaban J connectivity index is 0.976. The van der Waals surface area contributed by atoms with E-state index in [9.17, 15) is 0 Å². The van der Waals surface area contributed by atoms with Gasteiger partial charge in [-0.15, -0.1) is 11.3 Å². The largest absolute Gasteiger partial charge is 0.455 e. The molecule has 0 N–H and O–H groups in total. The van der Waals surface area contributed by atoms with Crippen molar-refractivity contribution in [2.45, 2.75) is 17.2 Å². The zero-order chi connectivity index (χ0) is 52.6. The normalized spacial score (nSPS) is 13.5. The maximum absolute atomic E-state index is 6.72. The van der Waals surface area contributed by atoms with Crippen molar-refractivity contribution in [3.63, 3.8) is 0 Å². The van der Waals surface area contributed by atoms with E-state index in [4.69, 9.17) is 4.42 Å². The molecule has 3 heterocycles. The van der Waals surface area contributed by atoms with E-state index in [0.29, 0.717) is 0 Å². The molecule has 0 radical (unpaired) electrons. The summed E-state index contributed by atoms with van der Waals surface area (Å²) in [6, 6.07) is 94.9. The number of fused-ring (bicyclic) bond motifs is 13. The van der Waals surface area contributed by atoms with Crippen LogP contribution in [0.5, 0.6) is 0 Å². The predicted molar refractivity (Wildman–Crippen MR) is 336 cm³/mol. The lowest BCUT2D eigenvalue weighted by molar-refractivity contribution is 0.670. The second-order valence-corrected chi connectivity index (χ2v) is 22.5. The average Bonchev–Trinajstić information content (AvgIpc) is 4.25. The molecular formula is C74H50N2OS2. The summed E-state index contributed by atoms with van der Waals surface area (Å²) in [4.78, 5) is 7.19. The first-order valence-corrected chi connectivity index (χ1v) is 28.5. The summed E-state index contributed by atoms with van der Waals surface area (Å²) in [6.45, 7) is 7.02. The molecule has 0 fully saturated rings. The molecule has 2 aromatic heterocycles. The van der Waals surface area contributed by atoms with Crippen LogP contribution in [0.1, 0.15) is 23.6 Å². The van der Waals surface area contributed by atoms with Crippen LogP contribution in [0.15, 0.2) is 305 Å². The summed E-state index contributed by atoms with van der Waals surface area (Å²) in [7, 11) is 0. The van der Waals surface area contributed by atoms with Crippen molar-refractivity contribution >= 4 is 93.6 Å². The quantitative estimate of drug-likeness (QED) is 0.127. The molecule has 5 heteroatoms. The number of nitrogens with zero attached hydrogens (tertiary/aromatic N) is 2. The second-order valence-electron chi connectivity index (χ2n) is 20.4. The number of allylic oxidation sites excluding steroid dienone is 3. The molecule has 1 spiro atoms. The fourth-order valence-corrected chi connectivity index (χ4v) is 15.1. The number of anilines is 5. The van der Waals surface area contributed by atoms with E-state index in [2.05, 4.69) is 284 Å². The van der Waals surface area contributed by atoms with Crippen LogP contribution in [0.4, 0.5) is 28.4 Å². The zero-order valence-electron chi connectivity index (χ0n) is 43.3. The van der Waals surface area contributed by atoms with Gasteiger partial charge in [-0.25, -0.2) is 0 Å². The third-order valence-electron chi connectivity index (χ3n) is 16.1. The summed E-state index contributed by atoms with van der Waals surface area (Å²) < 4.78 is 9.26. The van der Waals surface area contributed by atoms with Gasteiger partial charge in [0.25, 0.3) is 0 Å². The van der Waals surface area contributed by atoms with Crippen LogP contribution in [0.25, 0.3) is 75.5 Å². The monoisotopic (exact) mass is 1050 g/mol. The molecule has 1 aliphatic heterocycles. The molecule has 11 aromatic carbocycles. The lowest BCUT2D eigenvalue weighted by Crippen LogP contribution is -2.32. The molecule has 3 nitrogen and oxygen atoms in total. The number of furan rings is 1. The highest BCUT2D eigenvalue weighted by molar-refractivity contribution is 8.03. The molecule has 0 amide bonds. The van der Waals surface area contributed by atoms with E-state index in [1.165, 1.54) is 68.9 Å². The van der Waals surface area contributed by atoms with Gasteiger partial charge in [-0.1, -0.05) is 206 Å². The molecule has 79 heavy (non-hydrogen) atoms. The van der Waals surface area contributed by atoms with Gasteiger partial charge in [0.2, 0.25) is 0 Å². The highest BCUT2D eigenvalue weighted by Gasteiger charge is 2.50. The van der Waals surface area contributed by atoms with Gasteiger partial charge in [0.15, 0.2) is 0 Å². The first-order chi connectivity index (χ1) is 39.1. The summed E-state index contributed by atoms with van der Waals surface area (Å²) in [5, 5.41) is 4.68. The van der Waals surface area contributed by atoms with E-state index in [0.717, 1.165) is 72.8 Å². The Labute approximate surface area is 468 Å². The molecule has 0 atom stereocenters. The maximum atomic E-state index is 6.72. The van der Waals surface area contributed by atoms with Crippen LogP contribution in [-0.4, -0.2) is 0 Å². The van der Waals surface area contributed by atoms with Gasteiger partial charge in [-0.3, -0.25) is 0 Å². The topological polar surface area (TPSA) is 19.6 Å². The molecule has 1 aliphatic carbocycles. The van der Waals surface area contributed by atoms with Gasteiger partial charge in [0.1, 0.15) is 11.2 Å². The minimum absolute atomic E-state index is 0.599. The maximum Gasteiger partial charge on any atom is 0.143 e. The van der Waals surface area contributed by atoms with Crippen LogP contribution >= 0.6 is 23.1 Å². The van der Waals surface area contributed by atoms with Crippen molar-refractivity contribution in [2.24, 2.45) is 0 Å². The molecule has 0 bridgehead atoms. The fourth-order valence-electron chi connectivity index (χ4n) is 12.7. The third-order valence-corrected chi connectivity index (χ3v) is 18.5. The van der Waals surface area contributed by atoms with E-state index in [1.807, 2.05) is 35.2 Å². The average molecular weight is 1050 g/mol. The highest BCUT2D eigenvalue weighted by Crippen LogP contribution is 2.63. The molecule has 0 saturated heterocycles. The van der Waals surface area contributed by atoms with Crippen LogP contribution in [0.2, 0.25) is 0 Å². The molecule has 15 rings (SSSR count). The van der Waals surface area contributed by atoms with Crippen molar-refractivity contribution in [3.8, 4) is 33.4 Å². The SMILES string of the molecule is C=C/C(=C\C1=C(C)C2(c3ccc(N(c4ccccc4)c4cc(-c5ccccc5)c5oc6ccccc6c5c4)cc3S1)c1ccccc1-c1ccccc12)N(c1ccccc1)c1ccc2sc3ccccc3c2c1-c1ccccc1. The smallest absolute Gasteiger partial charge is 0.143 e. The first kappa shape index (κ1) is 46.9. The van der Waals surface area contributed by atoms with Crippen molar-refractivity contribution < 1.29 is 4.42 Å². The Hall–Kier alpha value is -9.39. The Kier molecular flexibility index (Phi) is 11.3. The van der Waals surface area contributed by atoms with Crippen LogP contribution in [0.3, 0.4) is 0 Å². The number of thiophene rings is 1. The number of hydrogen-bond acceptors (Lipinski definition) is 5. The number of hydrogen-bond donors (Lipinski definition) is 0. The summed E-state index contributed by atoms with van der Waals surface area (Å²) in [6.07, 6.45) is 4.45. The van der Waals surface area contributed by atoms with Crippen LogP contribution in [-0.2, 0) is 5.41 Å². The standard InChI is InChI=1S/C74H50N2OS2/c1-3-51(76(53-30-14-7-15-31-53)65-42-43-68-72(59-35-19-23-39-67(59)78-68)71(65)50-26-10-5-11-27-50)46-69-48(2)74(62-36-20-16-32-56(62)57-33-17-21-37-63(57)74)64-41-40-54(47-70(64)79-69)75(52-28-12-6-13-29-52)55-44-60(49-24-8-4-9-25-49)73-61(45-55)58-34-18-22-38-66(58)77-73/h3-47H,1H2,2H3/b51-46+. The first-order valence-electron chi connectivity index (χ1n) is 26.8. The van der Waals surface area contributed by atoms with E-state index < -0.39 is 5.41 Å². The minimum Gasteiger partial charge on any atom is -0.455 e. The Morgan fingerprint density at radius 3 is 1.80 bits per heavy atom. The van der Waals surface area contributed by atoms with Gasteiger partial charge >= 0.3 is 0 Å². The van der Waals surface area contributed by atoms with Gasteiger partial charge in [-0.05, 0) is 136 Å². The van der Waals surface area contributed by atoms with Crippen molar-refractivity contribution in [1.29, 1.82) is 0 Å². The van der Waals surface area contributed by atoms with Crippen LogP contribution in [0, 0.1) is 0 Å². The fraction of sp³-hybridized carbons (Fsp3) is 0.0270. The highest BCUT2D eigenvalue weighted by atomic mass is 32.2. The lowest BCUT2D eigenvalue weighted by Gasteiger charge is -2.41. The number of thioether (sulfide) groups is 1. The van der Waals surface area contributed by atoms with Crippen molar-refractivity contribution in [2.75, 3.05) is 9.80 Å². The number of rotatable bonds is 10. The molecule has 374 valence electrons. The van der Waals surface area contributed by atoms with Gasteiger partial charge in [0, 0.05) is 80.3 Å². The van der Waals surface area contributed by atoms with Gasteiger partial charge < -0.3 is 14.2 Å². The van der Waals surface area contributed by atoms with Crippen molar-refractivity contribution in [3.05, 3.63) is 312 Å². The summed E-state index contributed by atoms with van der Waals surface area (Å²) >= 11 is 3.70. The molecule has 2 aliphatic rings. The molecule has 0 unspecified atom stereocenters. The van der Waals surface area contributed by atoms with E-state index in [1.54, 1.807) is 0 Å². The predicted octanol–water partition coefficient (Wildman–Crippen LogP) is 21.4. The van der Waals surface area contributed by atoms with Crippen LogP contribution < -0.4 is 9.80 Å². The van der Waals surface area contributed by atoms with E-state index in [-0.39, 0.29) is 0 Å². The Morgan fingerprint density at radius 2 is 1.09 bits per heavy atom. The van der Waals surface area contributed by atoms with Gasteiger partial charge in [0.05, 0.1) is 11.1 Å².